The fraction of sp³-hybridized carbons (Fsp3) is 0.857. The molecule has 0 aliphatic carbocycles. The van der Waals surface area contributed by atoms with E-state index in [9.17, 15) is 0 Å². The predicted octanol–water partition coefficient (Wildman–Crippen LogP) is 4.12. The third kappa shape index (κ3) is 7.01. The first-order chi connectivity index (χ1) is 7.70. The second-order valence-corrected chi connectivity index (χ2v) is 11.1. The van der Waals surface area contributed by atoms with Crippen molar-refractivity contribution in [3.8, 4) is 0 Å². The molecule has 0 aliphatic heterocycles. The van der Waals surface area contributed by atoms with E-state index in [-0.39, 0.29) is 6.61 Å². The van der Waals surface area contributed by atoms with Gasteiger partial charge in [0, 0.05) is 6.61 Å². The monoisotopic (exact) mass is 258 g/mol. The summed E-state index contributed by atoms with van der Waals surface area (Å²) in [5, 5.41) is 9.05. The third-order valence-electron chi connectivity index (χ3n) is 3.67. The molecule has 0 saturated carbocycles. The maximum Gasteiger partial charge on any atom is 0.191 e. The van der Waals surface area contributed by atoms with Crippen molar-refractivity contribution in [2.24, 2.45) is 0 Å². The van der Waals surface area contributed by atoms with Gasteiger partial charge in [-0.3, -0.25) is 0 Å². The Morgan fingerprint density at radius 2 is 1.82 bits per heavy atom. The highest BCUT2D eigenvalue weighted by Crippen LogP contribution is 2.36. The van der Waals surface area contributed by atoms with E-state index in [0.717, 1.165) is 25.9 Å². The van der Waals surface area contributed by atoms with E-state index in [1.807, 2.05) is 6.08 Å². The normalized spacial score (nSPS) is 14.2. The molecular weight excluding hydrogens is 228 g/mol. The Balaban J connectivity index is 3.76. The molecule has 1 N–H and O–H groups in total. The summed E-state index contributed by atoms with van der Waals surface area (Å²) in [6.07, 6.45) is 5.22. The lowest BCUT2D eigenvalue weighted by atomic mass is 10.1. The van der Waals surface area contributed by atoms with Gasteiger partial charge in [-0.05, 0) is 44.3 Å². The van der Waals surface area contributed by atoms with Crippen molar-refractivity contribution in [1.29, 1.82) is 0 Å². The zero-order valence-corrected chi connectivity index (χ0v) is 13.5. The summed E-state index contributed by atoms with van der Waals surface area (Å²) in [4.78, 5) is 0. The summed E-state index contributed by atoms with van der Waals surface area (Å²) in [6.45, 7) is 14.5. The average molecular weight is 258 g/mol. The van der Waals surface area contributed by atoms with Crippen LogP contribution >= 0.6 is 0 Å². The second kappa shape index (κ2) is 7.34. The van der Waals surface area contributed by atoms with E-state index in [1.54, 1.807) is 0 Å². The van der Waals surface area contributed by atoms with Crippen LogP contribution in [0.15, 0.2) is 11.6 Å². The average Bonchev–Trinajstić information content (AvgIpc) is 2.15. The fourth-order valence-corrected chi connectivity index (χ4v) is 2.40. The Labute approximate surface area is 108 Å². The van der Waals surface area contributed by atoms with Gasteiger partial charge in [0.15, 0.2) is 8.32 Å². The highest BCUT2D eigenvalue weighted by molar-refractivity contribution is 6.74. The first kappa shape index (κ1) is 16.9. The van der Waals surface area contributed by atoms with E-state index < -0.39 is 8.32 Å². The molecule has 0 aromatic heterocycles. The van der Waals surface area contributed by atoms with Crippen LogP contribution in [-0.2, 0) is 4.43 Å². The molecule has 102 valence electrons. The summed E-state index contributed by atoms with van der Waals surface area (Å²) < 4.78 is 6.11. The van der Waals surface area contributed by atoms with Crippen molar-refractivity contribution < 1.29 is 9.53 Å². The lowest BCUT2D eigenvalue weighted by molar-refractivity contribution is 0.279. The van der Waals surface area contributed by atoms with Gasteiger partial charge >= 0.3 is 0 Å². The van der Waals surface area contributed by atoms with Crippen molar-refractivity contribution >= 4 is 8.32 Å². The number of aliphatic hydroxyl groups excluding tert-OH is 1. The van der Waals surface area contributed by atoms with Crippen LogP contribution in [-0.4, -0.2) is 26.6 Å². The first-order valence-electron chi connectivity index (χ1n) is 6.61. The van der Waals surface area contributed by atoms with Crippen molar-refractivity contribution in [1.82, 2.24) is 0 Å². The SMILES string of the molecule is CC(=CCO)CCCCO[Si](C)(C)C(C)(C)C. The second-order valence-electron chi connectivity index (χ2n) is 6.30. The van der Waals surface area contributed by atoms with Gasteiger partial charge in [0.2, 0.25) is 0 Å². The smallest absolute Gasteiger partial charge is 0.191 e. The minimum atomic E-state index is -1.55. The Kier molecular flexibility index (Phi) is 7.29. The van der Waals surface area contributed by atoms with Crippen molar-refractivity contribution in [2.45, 2.75) is 65.1 Å². The maximum absolute atomic E-state index is 8.74. The molecule has 0 radical (unpaired) electrons. The minimum absolute atomic E-state index is 0.159. The van der Waals surface area contributed by atoms with Crippen molar-refractivity contribution in [3.63, 3.8) is 0 Å². The van der Waals surface area contributed by atoms with Crippen LogP contribution < -0.4 is 0 Å². The zero-order chi connectivity index (χ0) is 13.5. The number of aliphatic hydroxyl groups is 1. The van der Waals surface area contributed by atoms with Gasteiger partial charge in [-0.25, -0.2) is 0 Å². The van der Waals surface area contributed by atoms with E-state index in [2.05, 4.69) is 40.8 Å². The van der Waals surface area contributed by atoms with Gasteiger partial charge in [-0.15, -0.1) is 0 Å². The van der Waals surface area contributed by atoms with Crippen molar-refractivity contribution in [3.05, 3.63) is 11.6 Å². The van der Waals surface area contributed by atoms with Gasteiger partial charge in [0.05, 0.1) is 6.61 Å². The van der Waals surface area contributed by atoms with Gasteiger partial charge in [-0.2, -0.15) is 0 Å². The molecule has 2 nitrogen and oxygen atoms in total. The van der Waals surface area contributed by atoms with Crippen LogP contribution in [0.2, 0.25) is 18.1 Å². The topological polar surface area (TPSA) is 29.5 Å². The summed E-state index contributed by atoms with van der Waals surface area (Å²) in [5.74, 6) is 0. The van der Waals surface area contributed by atoms with E-state index in [0.29, 0.717) is 5.04 Å². The molecule has 0 amide bonds. The van der Waals surface area contributed by atoms with Crippen LogP contribution in [0.5, 0.6) is 0 Å². The van der Waals surface area contributed by atoms with Gasteiger partial charge in [-0.1, -0.05) is 32.4 Å². The van der Waals surface area contributed by atoms with Crippen LogP contribution in [0, 0.1) is 0 Å². The number of hydrogen-bond donors (Lipinski definition) is 1. The maximum atomic E-state index is 8.74. The Morgan fingerprint density at radius 1 is 1.24 bits per heavy atom. The van der Waals surface area contributed by atoms with E-state index >= 15 is 0 Å². The largest absolute Gasteiger partial charge is 0.417 e. The number of rotatable bonds is 7. The standard InChI is InChI=1S/C14H30O2Si/c1-13(10-11-15)9-7-8-12-16-17(5,6)14(2,3)4/h10,15H,7-9,11-12H2,1-6H3. The summed E-state index contributed by atoms with van der Waals surface area (Å²) in [5.41, 5.74) is 1.28. The minimum Gasteiger partial charge on any atom is -0.417 e. The summed E-state index contributed by atoms with van der Waals surface area (Å²) in [6, 6.07) is 0. The van der Waals surface area contributed by atoms with Crippen LogP contribution in [0.1, 0.15) is 47.0 Å². The molecule has 0 bridgehead atoms. The molecule has 0 rings (SSSR count). The van der Waals surface area contributed by atoms with E-state index in [4.69, 9.17) is 9.53 Å². The highest BCUT2D eigenvalue weighted by Gasteiger charge is 2.36. The molecule has 0 fully saturated rings. The lowest BCUT2D eigenvalue weighted by Crippen LogP contribution is -2.40. The molecule has 0 unspecified atom stereocenters. The molecule has 0 heterocycles. The van der Waals surface area contributed by atoms with Gasteiger partial charge in [0.25, 0.3) is 0 Å². The molecule has 0 aromatic carbocycles. The lowest BCUT2D eigenvalue weighted by Gasteiger charge is -2.36. The molecule has 0 atom stereocenters. The Bertz CT molecular complexity index is 239. The third-order valence-corrected chi connectivity index (χ3v) is 8.21. The summed E-state index contributed by atoms with van der Waals surface area (Å²) >= 11 is 0. The Morgan fingerprint density at radius 3 is 2.29 bits per heavy atom. The number of unbranched alkanes of at least 4 members (excludes halogenated alkanes) is 1. The summed E-state index contributed by atoms with van der Waals surface area (Å²) in [7, 11) is -1.55. The van der Waals surface area contributed by atoms with Crippen LogP contribution in [0.25, 0.3) is 0 Å². The molecular formula is C14H30O2Si. The van der Waals surface area contributed by atoms with Gasteiger partial charge in [0.1, 0.15) is 0 Å². The Hall–Kier alpha value is -0.123. The number of hydrogen-bond acceptors (Lipinski definition) is 2. The quantitative estimate of drug-likeness (QED) is 0.423. The molecule has 0 aliphatic rings. The first-order valence-corrected chi connectivity index (χ1v) is 9.52. The van der Waals surface area contributed by atoms with E-state index in [1.165, 1.54) is 5.57 Å². The van der Waals surface area contributed by atoms with Crippen molar-refractivity contribution in [2.75, 3.05) is 13.2 Å². The fourth-order valence-electron chi connectivity index (χ4n) is 1.31. The molecule has 0 aromatic rings. The van der Waals surface area contributed by atoms with Crippen LogP contribution in [0.4, 0.5) is 0 Å². The van der Waals surface area contributed by atoms with Crippen LogP contribution in [0.3, 0.4) is 0 Å². The molecule has 0 spiro atoms. The van der Waals surface area contributed by atoms with Gasteiger partial charge < -0.3 is 9.53 Å². The zero-order valence-electron chi connectivity index (χ0n) is 12.5. The molecule has 17 heavy (non-hydrogen) atoms. The predicted molar refractivity (Wildman–Crippen MR) is 77.8 cm³/mol. The molecule has 3 heteroatoms. The highest BCUT2D eigenvalue weighted by atomic mass is 28.4. The number of allylic oxidation sites excluding steroid dienone is 1. The molecule has 0 saturated heterocycles.